The second-order valence-corrected chi connectivity index (χ2v) is 8.08. The molecule has 0 saturated heterocycles. The molecule has 0 fully saturated rings. The molecule has 0 saturated carbocycles. The Morgan fingerprint density at radius 1 is 1.18 bits per heavy atom. The average Bonchev–Trinajstić information content (AvgIpc) is 3.04. The minimum absolute atomic E-state index is 0.184. The zero-order valence-electron chi connectivity index (χ0n) is 12.0. The van der Waals surface area contributed by atoms with Crippen LogP contribution < -0.4 is 10.5 Å². The highest BCUT2D eigenvalue weighted by Crippen LogP contribution is 2.22. The lowest BCUT2D eigenvalue weighted by atomic mass is 10.2. The third-order valence-electron chi connectivity index (χ3n) is 3.24. The number of hydrogen-bond acceptors (Lipinski definition) is 5. The average molecular weight is 336 g/mol. The summed E-state index contributed by atoms with van der Waals surface area (Å²) in [5, 5.41) is 9.42. The largest absolute Gasteiger partial charge is 0.460 e. The van der Waals surface area contributed by atoms with Crippen LogP contribution in [0.15, 0.2) is 45.0 Å². The van der Waals surface area contributed by atoms with Crippen LogP contribution in [0, 0.1) is 6.92 Å². The Morgan fingerprint density at radius 2 is 2.00 bits per heavy atom. The molecule has 0 aliphatic carbocycles. The summed E-state index contributed by atoms with van der Waals surface area (Å²) in [6.07, 6.45) is 0. The molecule has 116 valence electrons. The number of furan rings is 1. The van der Waals surface area contributed by atoms with Crippen molar-refractivity contribution in [2.75, 3.05) is 0 Å². The number of nitrogens with one attached hydrogen (secondary N) is 1. The summed E-state index contributed by atoms with van der Waals surface area (Å²) < 4.78 is 28.4. The van der Waals surface area contributed by atoms with Gasteiger partial charge in [-0.3, -0.25) is 0 Å². The number of benzene rings is 1. The van der Waals surface area contributed by atoms with Crippen LogP contribution >= 0.6 is 11.3 Å². The van der Waals surface area contributed by atoms with Gasteiger partial charge in [0, 0.05) is 16.8 Å². The van der Waals surface area contributed by atoms with Crippen LogP contribution in [0.1, 0.15) is 16.2 Å². The highest BCUT2D eigenvalue weighted by molar-refractivity contribution is 7.91. The Hall–Kier alpha value is -1.67. The molecule has 2 heterocycles. The van der Waals surface area contributed by atoms with Crippen LogP contribution in [-0.4, -0.2) is 8.42 Å². The van der Waals surface area contributed by atoms with Crippen molar-refractivity contribution in [3.8, 4) is 0 Å². The molecule has 3 aromatic rings. The molecule has 0 unspecified atom stereocenters. The third kappa shape index (κ3) is 3.38. The molecule has 0 amide bonds. The van der Waals surface area contributed by atoms with E-state index in [4.69, 9.17) is 9.56 Å². The quantitative estimate of drug-likeness (QED) is 0.750. The Bertz CT molecular complexity index is 910. The molecule has 0 atom stereocenters. The molecule has 0 spiro atoms. The Kier molecular flexibility index (Phi) is 4.05. The first kappa shape index (κ1) is 15.2. The van der Waals surface area contributed by atoms with E-state index in [1.807, 2.05) is 25.1 Å². The van der Waals surface area contributed by atoms with Gasteiger partial charge in [0.15, 0.2) is 0 Å². The molecule has 3 rings (SSSR count). The number of rotatable bonds is 5. The van der Waals surface area contributed by atoms with Gasteiger partial charge in [0.05, 0.1) is 6.54 Å². The maximum Gasteiger partial charge on any atom is 0.247 e. The number of fused-ring (bicyclic) bond motifs is 1. The standard InChI is InChI=1S/C15H16N2O3S2/c1-10-2-4-14-11(6-10)7-12(20-14)8-17-9-13-3-5-15(21-13)22(16,18)19/h2-7,17H,8-9H2,1H3,(H2,16,18,19). The Balaban J connectivity index is 1.63. The summed E-state index contributed by atoms with van der Waals surface area (Å²) in [6, 6.07) is 11.4. The van der Waals surface area contributed by atoms with Crippen molar-refractivity contribution < 1.29 is 12.8 Å². The van der Waals surface area contributed by atoms with Gasteiger partial charge < -0.3 is 9.73 Å². The lowest BCUT2D eigenvalue weighted by molar-refractivity contribution is 0.515. The zero-order valence-corrected chi connectivity index (χ0v) is 13.6. The minimum Gasteiger partial charge on any atom is -0.460 e. The molecule has 22 heavy (non-hydrogen) atoms. The van der Waals surface area contributed by atoms with Crippen LogP contribution in [0.4, 0.5) is 0 Å². The number of nitrogens with two attached hydrogens (primary N) is 1. The first-order chi connectivity index (χ1) is 10.4. The first-order valence-corrected chi connectivity index (χ1v) is 9.09. The molecule has 5 nitrogen and oxygen atoms in total. The highest BCUT2D eigenvalue weighted by atomic mass is 32.2. The predicted octanol–water partition coefficient (Wildman–Crippen LogP) is 2.74. The molecule has 2 aromatic heterocycles. The molecule has 0 aliphatic rings. The van der Waals surface area contributed by atoms with Gasteiger partial charge in [0.25, 0.3) is 0 Å². The van der Waals surface area contributed by atoms with Gasteiger partial charge in [0.2, 0.25) is 10.0 Å². The summed E-state index contributed by atoms with van der Waals surface area (Å²) in [6.45, 7) is 3.19. The van der Waals surface area contributed by atoms with Crippen LogP contribution in [0.5, 0.6) is 0 Å². The number of sulfonamides is 1. The second kappa shape index (κ2) is 5.85. The van der Waals surface area contributed by atoms with E-state index in [9.17, 15) is 8.42 Å². The van der Waals surface area contributed by atoms with Crippen molar-refractivity contribution in [3.63, 3.8) is 0 Å². The minimum atomic E-state index is -3.61. The third-order valence-corrected chi connectivity index (χ3v) is 5.76. The monoisotopic (exact) mass is 336 g/mol. The number of thiophene rings is 1. The zero-order chi connectivity index (χ0) is 15.7. The maximum atomic E-state index is 11.2. The summed E-state index contributed by atoms with van der Waals surface area (Å²) in [7, 11) is -3.61. The van der Waals surface area contributed by atoms with Crippen LogP contribution in [0.3, 0.4) is 0 Å². The Morgan fingerprint density at radius 3 is 2.73 bits per heavy atom. The van der Waals surface area contributed by atoms with Gasteiger partial charge in [0.1, 0.15) is 15.6 Å². The fourth-order valence-electron chi connectivity index (χ4n) is 2.22. The van der Waals surface area contributed by atoms with Gasteiger partial charge in [-0.1, -0.05) is 11.6 Å². The van der Waals surface area contributed by atoms with E-state index in [-0.39, 0.29) is 4.21 Å². The van der Waals surface area contributed by atoms with E-state index in [0.29, 0.717) is 13.1 Å². The Labute approximate surface area is 132 Å². The van der Waals surface area contributed by atoms with Gasteiger partial charge in [-0.05, 0) is 37.3 Å². The van der Waals surface area contributed by atoms with Crippen molar-refractivity contribution >= 4 is 32.3 Å². The lowest BCUT2D eigenvalue weighted by Crippen LogP contribution is -2.11. The topological polar surface area (TPSA) is 85.3 Å². The molecule has 0 radical (unpaired) electrons. The fourth-order valence-corrected chi connectivity index (χ4v) is 3.97. The molecule has 3 N–H and O–H groups in total. The van der Waals surface area contributed by atoms with Crippen molar-refractivity contribution in [1.82, 2.24) is 5.32 Å². The van der Waals surface area contributed by atoms with E-state index in [1.54, 1.807) is 6.07 Å². The second-order valence-electron chi connectivity index (χ2n) is 5.12. The van der Waals surface area contributed by atoms with E-state index in [0.717, 1.165) is 21.6 Å². The molecular weight excluding hydrogens is 320 g/mol. The lowest BCUT2D eigenvalue weighted by Gasteiger charge is -1.99. The van der Waals surface area contributed by atoms with Crippen molar-refractivity contribution in [3.05, 3.63) is 52.6 Å². The number of aryl methyl sites for hydroxylation is 1. The molecule has 7 heteroatoms. The normalized spacial score (nSPS) is 12.1. The van der Waals surface area contributed by atoms with Gasteiger partial charge >= 0.3 is 0 Å². The van der Waals surface area contributed by atoms with Crippen LogP contribution in [0.2, 0.25) is 0 Å². The maximum absolute atomic E-state index is 11.2. The first-order valence-electron chi connectivity index (χ1n) is 6.73. The SMILES string of the molecule is Cc1ccc2oc(CNCc3ccc(S(N)(=O)=O)s3)cc2c1. The summed E-state index contributed by atoms with van der Waals surface area (Å²) in [5.41, 5.74) is 2.07. The van der Waals surface area contributed by atoms with Gasteiger partial charge in [-0.2, -0.15) is 0 Å². The predicted molar refractivity (Wildman–Crippen MR) is 87.2 cm³/mol. The summed E-state index contributed by atoms with van der Waals surface area (Å²) in [5.74, 6) is 0.851. The summed E-state index contributed by atoms with van der Waals surface area (Å²) in [4.78, 5) is 0.913. The number of hydrogen-bond donors (Lipinski definition) is 2. The van der Waals surface area contributed by atoms with E-state index in [1.165, 1.54) is 23.0 Å². The molecule has 1 aromatic carbocycles. The molecule has 0 bridgehead atoms. The van der Waals surface area contributed by atoms with Crippen molar-refractivity contribution in [2.24, 2.45) is 5.14 Å². The summed E-state index contributed by atoms with van der Waals surface area (Å²) >= 11 is 1.18. The van der Waals surface area contributed by atoms with E-state index < -0.39 is 10.0 Å². The van der Waals surface area contributed by atoms with Crippen LogP contribution in [0.25, 0.3) is 11.0 Å². The van der Waals surface area contributed by atoms with E-state index in [2.05, 4.69) is 11.4 Å². The van der Waals surface area contributed by atoms with Crippen LogP contribution in [-0.2, 0) is 23.1 Å². The molecular formula is C15H16N2O3S2. The fraction of sp³-hybridized carbons (Fsp3) is 0.200. The smallest absolute Gasteiger partial charge is 0.247 e. The van der Waals surface area contributed by atoms with Crippen molar-refractivity contribution in [2.45, 2.75) is 24.2 Å². The van der Waals surface area contributed by atoms with Gasteiger partial charge in [-0.25, -0.2) is 13.6 Å². The highest BCUT2D eigenvalue weighted by Gasteiger charge is 2.11. The van der Waals surface area contributed by atoms with Crippen molar-refractivity contribution in [1.29, 1.82) is 0 Å². The molecule has 0 aliphatic heterocycles. The van der Waals surface area contributed by atoms with E-state index >= 15 is 0 Å². The number of primary sulfonamides is 1. The van der Waals surface area contributed by atoms with Gasteiger partial charge in [-0.15, -0.1) is 11.3 Å².